The third-order valence-corrected chi connectivity index (χ3v) is 5.16. The number of hydrogen-bond acceptors (Lipinski definition) is 8. The molecule has 0 atom stereocenters. The Labute approximate surface area is 93.0 Å². The molecule has 0 rings (SSSR count). The molecule has 0 saturated carbocycles. The Morgan fingerprint density at radius 3 is 1.62 bits per heavy atom. The lowest BCUT2D eigenvalue weighted by Gasteiger charge is -2.03. The first-order valence-electron chi connectivity index (χ1n) is 3.70. The van der Waals surface area contributed by atoms with Gasteiger partial charge in [-0.05, 0) is 0 Å². The van der Waals surface area contributed by atoms with Crippen molar-refractivity contribution in [2.24, 2.45) is 0 Å². The minimum absolute atomic E-state index is 0.837. The zero-order chi connectivity index (χ0) is 13.0. The quantitative estimate of drug-likeness (QED) is 0.487. The zero-order valence-electron chi connectivity index (χ0n) is 7.81. The first-order chi connectivity index (χ1) is 6.97. The van der Waals surface area contributed by atoms with E-state index >= 15 is 0 Å². The summed E-state index contributed by atoms with van der Waals surface area (Å²) in [4.78, 5) is 0. The molecule has 16 heavy (non-hydrogen) atoms. The Morgan fingerprint density at radius 1 is 0.812 bits per heavy atom. The molecule has 12 heteroatoms. The van der Waals surface area contributed by atoms with E-state index in [1.807, 2.05) is 0 Å². The highest BCUT2D eigenvalue weighted by molar-refractivity contribution is 8.00. The fourth-order valence-corrected chi connectivity index (χ4v) is 4.24. The third-order valence-electron chi connectivity index (χ3n) is 1.14. The third kappa shape index (κ3) is 7.95. The van der Waals surface area contributed by atoms with Gasteiger partial charge in [-0.2, -0.15) is 25.3 Å². The molecule has 0 aliphatic heterocycles. The van der Waals surface area contributed by atoms with Crippen molar-refractivity contribution >= 4 is 30.4 Å². The maximum atomic E-state index is 10.9. The fraction of sp³-hybridized carbons (Fsp3) is 1.00. The molecule has 2 N–H and O–H groups in total. The molecule has 0 fully saturated rings. The summed E-state index contributed by atoms with van der Waals surface area (Å²) in [5.74, 6) is -3.31. The van der Waals surface area contributed by atoms with Crippen molar-refractivity contribution < 1.29 is 38.5 Å². The van der Waals surface area contributed by atoms with E-state index in [4.69, 9.17) is 9.66 Å². The normalized spacial score (nSPS) is 13.9. The SMILES string of the molecule is O=S(=O)(O)CCS(=O)(=O)OS(=O)(=O)CCO. The van der Waals surface area contributed by atoms with E-state index in [2.05, 4.69) is 3.63 Å². The molecule has 0 unspecified atom stereocenters. The van der Waals surface area contributed by atoms with Gasteiger partial charge in [-0.25, -0.2) is 0 Å². The van der Waals surface area contributed by atoms with E-state index in [1.165, 1.54) is 0 Å². The van der Waals surface area contributed by atoms with Gasteiger partial charge in [0.2, 0.25) is 0 Å². The standard InChI is InChI=1S/C4H10O9S3/c5-1-2-15(9,10)13-16(11,12)4-3-14(6,7)8/h5H,1-4H2,(H,6,7,8). The lowest BCUT2D eigenvalue weighted by molar-refractivity contribution is 0.316. The van der Waals surface area contributed by atoms with Crippen molar-refractivity contribution in [3.8, 4) is 0 Å². The molecule has 0 aromatic heterocycles. The Morgan fingerprint density at radius 2 is 1.25 bits per heavy atom. The summed E-state index contributed by atoms with van der Waals surface area (Å²) in [6, 6.07) is 0. The highest BCUT2D eigenvalue weighted by Crippen LogP contribution is 2.03. The second kappa shape index (κ2) is 5.37. The first kappa shape index (κ1) is 15.7. The van der Waals surface area contributed by atoms with Crippen molar-refractivity contribution in [1.29, 1.82) is 0 Å². The number of hydrogen-bond donors (Lipinski definition) is 2. The lowest BCUT2D eigenvalue weighted by Crippen LogP contribution is -2.23. The molecule has 0 heterocycles. The molecule has 9 nitrogen and oxygen atoms in total. The molecule has 0 aliphatic carbocycles. The van der Waals surface area contributed by atoms with Crippen molar-refractivity contribution in [3.63, 3.8) is 0 Å². The van der Waals surface area contributed by atoms with E-state index in [1.54, 1.807) is 0 Å². The van der Waals surface area contributed by atoms with Gasteiger partial charge in [0.25, 0.3) is 30.4 Å². The van der Waals surface area contributed by atoms with Gasteiger partial charge >= 0.3 is 0 Å². The largest absolute Gasteiger partial charge is 0.395 e. The molecule has 0 aromatic rings. The van der Waals surface area contributed by atoms with Crippen LogP contribution in [0.4, 0.5) is 0 Å². The number of aliphatic hydroxyl groups excluding tert-OH is 1. The molecule has 0 aromatic carbocycles. The molecular weight excluding hydrogens is 288 g/mol. The number of aliphatic hydroxyl groups is 1. The predicted octanol–water partition coefficient (Wildman–Crippen LogP) is -2.46. The van der Waals surface area contributed by atoms with Crippen LogP contribution in [0.3, 0.4) is 0 Å². The van der Waals surface area contributed by atoms with Crippen LogP contribution in [0.1, 0.15) is 0 Å². The zero-order valence-corrected chi connectivity index (χ0v) is 10.3. The summed E-state index contributed by atoms with van der Waals surface area (Å²) < 4.78 is 75.8. The Bertz CT molecular complexity index is 509. The monoisotopic (exact) mass is 298 g/mol. The summed E-state index contributed by atoms with van der Waals surface area (Å²) in [6.07, 6.45) is 0. The molecule has 0 saturated heterocycles. The van der Waals surface area contributed by atoms with Crippen LogP contribution < -0.4 is 0 Å². The smallest absolute Gasteiger partial charge is 0.284 e. The van der Waals surface area contributed by atoms with Gasteiger partial charge < -0.3 is 5.11 Å². The van der Waals surface area contributed by atoms with Crippen LogP contribution in [0.2, 0.25) is 0 Å². The maximum Gasteiger partial charge on any atom is 0.284 e. The average Bonchev–Trinajstić information content (AvgIpc) is 1.97. The van der Waals surface area contributed by atoms with Crippen LogP contribution in [0, 0.1) is 0 Å². The summed E-state index contributed by atoms with van der Waals surface area (Å²) in [6.45, 7) is -0.837. The van der Waals surface area contributed by atoms with E-state index in [-0.39, 0.29) is 0 Å². The van der Waals surface area contributed by atoms with Crippen molar-refractivity contribution in [3.05, 3.63) is 0 Å². The van der Waals surface area contributed by atoms with Gasteiger partial charge in [-0.3, -0.25) is 4.55 Å². The maximum absolute atomic E-state index is 10.9. The molecule has 0 spiro atoms. The summed E-state index contributed by atoms with van der Waals surface area (Å²) in [7, 11) is -13.6. The van der Waals surface area contributed by atoms with Gasteiger partial charge in [-0.15, -0.1) is 3.63 Å². The molecule has 0 amide bonds. The Kier molecular flexibility index (Phi) is 5.28. The van der Waals surface area contributed by atoms with Crippen LogP contribution in [-0.4, -0.2) is 58.8 Å². The van der Waals surface area contributed by atoms with Gasteiger partial charge in [0.05, 0.1) is 23.9 Å². The van der Waals surface area contributed by atoms with Crippen LogP contribution >= 0.6 is 0 Å². The lowest BCUT2D eigenvalue weighted by atomic mass is 10.9. The van der Waals surface area contributed by atoms with Crippen LogP contribution in [0.5, 0.6) is 0 Å². The minimum atomic E-state index is -4.63. The minimum Gasteiger partial charge on any atom is -0.395 e. The second-order valence-electron chi connectivity index (χ2n) is 2.60. The average molecular weight is 298 g/mol. The van der Waals surface area contributed by atoms with Gasteiger partial charge in [0, 0.05) is 0 Å². The van der Waals surface area contributed by atoms with Gasteiger partial charge in [0.1, 0.15) is 0 Å². The van der Waals surface area contributed by atoms with Crippen LogP contribution in [0.15, 0.2) is 0 Å². The van der Waals surface area contributed by atoms with E-state index in [0.29, 0.717) is 0 Å². The Balaban J connectivity index is 4.61. The predicted molar refractivity (Wildman–Crippen MR) is 52.2 cm³/mol. The van der Waals surface area contributed by atoms with Crippen molar-refractivity contribution in [2.45, 2.75) is 0 Å². The molecule has 0 bridgehead atoms. The topological polar surface area (TPSA) is 152 Å². The number of rotatable bonds is 7. The fourth-order valence-electron chi connectivity index (χ4n) is 0.545. The van der Waals surface area contributed by atoms with Crippen molar-refractivity contribution in [1.82, 2.24) is 0 Å². The summed E-state index contributed by atoms with van der Waals surface area (Å²) in [5.41, 5.74) is 0. The highest BCUT2D eigenvalue weighted by atomic mass is 32.3. The van der Waals surface area contributed by atoms with Crippen LogP contribution in [-0.2, 0) is 34.0 Å². The van der Waals surface area contributed by atoms with E-state index in [0.717, 1.165) is 0 Å². The first-order valence-corrected chi connectivity index (χ1v) is 8.46. The second-order valence-corrected chi connectivity index (χ2v) is 7.76. The van der Waals surface area contributed by atoms with Gasteiger partial charge in [0.15, 0.2) is 0 Å². The highest BCUT2D eigenvalue weighted by Gasteiger charge is 2.24. The van der Waals surface area contributed by atoms with Crippen LogP contribution in [0.25, 0.3) is 0 Å². The molecular formula is C4H10O9S3. The summed E-state index contributed by atoms with van der Waals surface area (Å²) in [5, 5.41) is 8.27. The van der Waals surface area contributed by atoms with Crippen molar-refractivity contribution in [2.75, 3.05) is 23.9 Å². The molecule has 0 aliphatic rings. The molecule has 0 radical (unpaired) electrons. The Hall–Kier alpha value is -0.270. The van der Waals surface area contributed by atoms with E-state index < -0.39 is 54.2 Å². The van der Waals surface area contributed by atoms with Gasteiger partial charge in [-0.1, -0.05) is 0 Å². The van der Waals surface area contributed by atoms with E-state index in [9.17, 15) is 25.3 Å². The summed E-state index contributed by atoms with van der Waals surface area (Å²) >= 11 is 0. The molecule has 98 valence electrons.